The first-order valence-electron chi connectivity index (χ1n) is 9.96. The number of imidazole rings is 1. The van der Waals surface area contributed by atoms with Crippen LogP contribution in [0.5, 0.6) is 0 Å². The summed E-state index contributed by atoms with van der Waals surface area (Å²) in [4.78, 5) is 23.5. The molecule has 1 amide bonds. The molecule has 0 spiro atoms. The van der Waals surface area contributed by atoms with E-state index in [-0.39, 0.29) is 11.8 Å². The Morgan fingerprint density at radius 3 is 2.76 bits per heavy atom. The Bertz CT molecular complexity index is 1130. The number of aryl methyl sites for hydroxylation is 1. The highest BCUT2D eigenvalue weighted by atomic mass is 16.5. The predicted molar refractivity (Wildman–Crippen MR) is 111 cm³/mol. The van der Waals surface area contributed by atoms with Crippen molar-refractivity contribution in [2.45, 2.75) is 25.7 Å². The zero-order chi connectivity index (χ0) is 19.8. The molecule has 1 fully saturated rings. The summed E-state index contributed by atoms with van der Waals surface area (Å²) in [6, 6.07) is 17.7. The number of aromatic amines is 1. The van der Waals surface area contributed by atoms with Crippen LogP contribution in [0.2, 0.25) is 0 Å². The normalized spacial score (nSPS) is 17.0. The minimum absolute atomic E-state index is 0.0246. The average Bonchev–Trinajstić information content (AvgIpc) is 3.37. The number of carbonyl (C=O) groups is 1. The molecule has 2 aromatic heterocycles. The first kappa shape index (κ1) is 17.7. The lowest BCUT2D eigenvalue weighted by molar-refractivity contribution is 0.0704. The molecule has 1 aliphatic heterocycles. The van der Waals surface area contributed by atoms with Crippen LogP contribution in [0.1, 0.15) is 40.7 Å². The van der Waals surface area contributed by atoms with Gasteiger partial charge in [0.25, 0.3) is 5.91 Å². The van der Waals surface area contributed by atoms with Gasteiger partial charge in [-0.1, -0.05) is 47.6 Å². The highest BCUT2D eigenvalue weighted by Crippen LogP contribution is 2.31. The van der Waals surface area contributed by atoms with Crippen LogP contribution in [0.15, 0.2) is 59.1 Å². The SMILES string of the molecule is Cc1onc(-c2ccccc2)c1C(=O)N1CCCC(c2nc3ccccc3[nH]2)C1. The summed E-state index contributed by atoms with van der Waals surface area (Å²) in [5.74, 6) is 1.68. The fraction of sp³-hybridized carbons (Fsp3) is 0.261. The fourth-order valence-electron chi connectivity index (χ4n) is 4.13. The third-order valence-electron chi connectivity index (χ3n) is 5.63. The molecule has 1 saturated heterocycles. The van der Waals surface area contributed by atoms with Crippen LogP contribution in [0.3, 0.4) is 0 Å². The molecule has 0 aliphatic carbocycles. The number of amides is 1. The first-order valence-corrected chi connectivity index (χ1v) is 9.96. The van der Waals surface area contributed by atoms with Crippen molar-refractivity contribution in [3.05, 3.63) is 71.7 Å². The second-order valence-corrected chi connectivity index (χ2v) is 7.56. The minimum Gasteiger partial charge on any atom is -0.360 e. The van der Waals surface area contributed by atoms with E-state index in [2.05, 4.69) is 10.1 Å². The Balaban J connectivity index is 1.43. The van der Waals surface area contributed by atoms with E-state index in [1.165, 1.54) is 0 Å². The molecule has 0 saturated carbocycles. The maximum Gasteiger partial charge on any atom is 0.259 e. The second kappa shape index (κ2) is 7.20. The van der Waals surface area contributed by atoms with Gasteiger partial charge in [0.2, 0.25) is 0 Å². The van der Waals surface area contributed by atoms with Gasteiger partial charge in [-0.2, -0.15) is 0 Å². The van der Waals surface area contributed by atoms with E-state index in [1.54, 1.807) is 6.92 Å². The van der Waals surface area contributed by atoms with Gasteiger partial charge in [0.1, 0.15) is 22.8 Å². The monoisotopic (exact) mass is 386 g/mol. The molecule has 29 heavy (non-hydrogen) atoms. The highest BCUT2D eigenvalue weighted by Gasteiger charge is 2.31. The molecule has 4 aromatic rings. The Labute approximate surface area is 168 Å². The summed E-state index contributed by atoms with van der Waals surface area (Å²) in [6.07, 6.45) is 1.95. The standard InChI is InChI=1S/C23H22N4O2/c1-15-20(21(26-29-15)16-8-3-2-4-9-16)23(28)27-13-7-10-17(14-27)22-24-18-11-5-6-12-19(18)25-22/h2-6,8-9,11-12,17H,7,10,13-14H2,1H3,(H,24,25). The maximum absolute atomic E-state index is 13.4. The number of rotatable bonds is 3. The van der Waals surface area contributed by atoms with Crippen molar-refractivity contribution >= 4 is 16.9 Å². The number of piperidine rings is 1. The van der Waals surface area contributed by atoms with E-state index < -0.39 is 0 Å². The topological polar surface area (TPSA) is 75.0 Å². The van der Waals surface area contributed by atoms with Crippen molar-refractivity contribution < 1.29 is 9.32 Å². The molecule has 1 aliphatic rings. The molecule has 2 aromatic carbocycles. The number of aromatic nitrogens is 3. The third-order valence-corrected chi connectivity index (χ3v) is 5.63. The minimum atomic E-state index is -0.0246. The van der Waals surface area contributed by atoms with Crippen molar-refractivity contribution in [1.82, 2.24) is 20.0 Å². The van der Waals surface area contributed by atoms with Gasteiger partial charge < -0.3 is 14.4 Å². The summed E-state index contributed by atoms with van der Waals surface area (Å²) in [7, 11) is 0. The van der Waals surface area contributed by atoms with Gasteiger partial charge in [0.05, 0.1) is 11.0 Å². The van der Waals surface area contributed by atoms with Gasteiger partial charge in [-0.3, -0.25) is 4.79 Å². The molecule has 1 unspecified atom stereocenters. The van der Waals surface area contributed by atoms with Gasteiger partial charge in [-0.15, -0.1) is 0 Å². The lowest BCUT2D eigenvalue weighted by Gasteiger charge is -2.31. The van der Waals surface area contributed by atoms with E-state index in [0.29, 0.717) is 23.6 Å². The second-order valence-electron chi connectivity index (χ2n) is 7.56. The van der Waals surface area contributed by atoms with Crippen LogP contribution in [0.4, 0.5) is 0 Å². The van der Waals surface area contributed by atoms with Crippen molar-refractivity contribution in [2.24, 2.45) is 0 Å². The Morgan fingerprint density at radius 2 is 1.93 bits per heavy atom. The van der Waals surface area contributed by atoms with Crippen molar-refractivity contribution in [3.8, 4) is 11.3 Å². The molecule has 5 rings (SSSR count). The Hall–Kier alpha value is -3.41. The lowest BCUT2D eigenvalue weighted by Crippen LogP contribution is -2.39. The summed E-state index contributed by atoms with van der Waals surface area (Å²) in [5, 5.41) is 4.17. The zero-order valence-corrected chi connectivity index (χ0v) is 16.3. The van der Waals surface area contributed by atoms with Crippen molar-refractivity contribution in [2.75, 3.05) is 13.1 Å². The quantitative estimate of drug-likeness (QED) is 0.561. The molecule has 0 bridgehead atoms. The fourth-order valence-corrected chi connectivity index (χ4v) is 4.13. The smallest absolute Gasteiger partial charge is 0.259 e. The number of carbonyl (C=O) groups excluding carboxylic acids is 1. The number of para-hydroxylation sites is 2. The van der Waals surface area contributed by atoms with Gasteiger partial charge in [0.15, 0.2) is 0 Å². The van der Waals surface area contributed by atoms with Crippen LogP contribution >= 0.6 is 0 Å². The summed E-state index contributed by atoms with van der Waals surface area (Å²) in [6.45, 7) is 3.17. The van der Waals surface area contributed by atoms with Crippen LogP contribution in [0, 0.1) is 6.92 Å². The number of H-pyrrole nitrogens is 1. The summed E-state index contributed by atoms with van der Waals surface area (Å²) >= 11 is 0. The molecule has 1 N–H and O–H groups in total. The molecular formula is C23H22N4O2. The summed E-state index contributed by atoms with van der Waals surface area (Å²) in [5.41, 5.74) is 4.05. The van der Waals surface area contributed by atoms with E-state index in [1.807, 2.05) is 59.5 Å². The van der Waals surface area contributed by atoms with E-state index in [0.717, 1.165) is 41.8 Å². The number of hydrogen-bond donors (Lipinski definition) is 1. The number of likely N-dealkylation sites (tertiary alicyclic amines) is 1. The Morgan fingerprint density at radius 1 is 1.14 bits per heavy atom. The Kier molecular flexibility index (Phi) is 4.39. The number of fused-ring (bicyclic) bond motifs is 1. The summed E-state index contributed by atoms with van der Waals surface area (Å²) < 4.78 is 5.40. The number of benzene rings is 2. The van der Waals surface area contributed by atoms with Crippen molar-refractivity contribution in [3.63, 3.8) is 0 Å². The molecule has 0 radical (unpaired) electrons. The van der Waals surface area contributed by atoms with Crippen LogP contribution in [0.25, 0.3) is 22.3 Å². The van der Waals surface area contributed by atoms with Gasteiger partial charge in [-0.05, 0) is 31.9 Å². The van der Waals surface area contributed by atoms with Gasteiger partial charge in [0, 0.05) is 24.6 Å². The van der Waals surface area contributed by atoms with E-state index in [9.17, 15) is 4.79 Å². The lowest BCUT2D eigenvalue weighted by atomic mass is 9.96. The molecule has 6 heteroatoms. The number of nitrogens with one attached hydrogen (secondary N) is 1. The predicted octanol–water partition coefficient (Wildman–Crippen LogP) is 4.55. The molecule has 6 nitrogen and oxygen atoms in total. The first-order chi connectivity index (χ1) is 14.2. The van der Waals surface area contributed by atoms with Crippen LogP contribution < -0.4 is 0 Å². The largest absolute Gasteiger partial charge is 0.360 e. The van der Waals surface area contributed by atoms with Crippen LogP contribution in [-0.2, 0) is 0 Å². The number of nitrogens with zero attached hydrogens (tertiary/aromatic N) is 3. The highest BCUT2D eigenvalue weighted by molar-refractivity contribution is 6.00. The van der Waals surface area contributed by atoms with Gasteiger partial charge >= 0.3 is 0 Å². The third kappa shape index (κ3) is 3.20. The average molecular weight is 386 g/mol. The van der Waals surface area contributed by atoms with E-state index in [4.69, 9.17) is 9.51 Å². The van der Waals surface area contributed by atoms with Crippen molar-refractivity contribution in [1.29, 1.82) is 0 Å². The molecule has 1 atom stereocenters. The molecule has 3 heterocycles. The maximum atomic E-state index is 13.4. The van der Waals surface area contributed by atoms with Crippen LogP contribution in [-0.4, -0.2) is 39.0 Å². The zero-order valence-electron chi connectivity index (χ0n) is 16.3. The molecular weight excluding hydrogens is 364 g/mol. The number of hydrogen-bond acceptors (Lipinski definition) is 4. The molecule has 146 valence electrons. The van der Waals surface area contributed by atoms with Gasteiger partial charge in [-0.25, -0.2) is 4.98 Å². The van der Waals surface area contributed by atoms with E-state index >= 15 is 0 Å².